The molecule has 5 heteroatoms. The van der Waals surface area contributed by atoms with Crippen LogP contribution in [0.4, 0.5) is 0 Å². The van der Waals surface area contributed by atoms with Gasteiger partial charge in [0.05, 0.1) is 16.7 Å². The molecule has 1 fully saturated rings. The maximum absolute atomic E-state index is 12.9. The molecule has 0 radical (unpaired) electrons. The molecule has 1 atom stereocenters. The molecule has 0 N–H and O–H groups in total. The lowest BCUT2D eigenvalue weighted by Crippen LogP contribution is -2.30. The van der Waals surface area contributed by atoms with Gasteiger partial charge in [0.2, 0.25) is 0 Å². The quantitative estimate of drug-likeness (QED) is 0.862. The third-order valence-corrected chi connectivity index (χ3v) is 5.31. The first-order valence-electron chi connectivity index (χ1n) is 7.88. The largest absolute Gasteiger partial charge is 0.331 e. The Hall–Kier alpha value is -1.75. The van der Waals surface area contributed by atoms with Gasteiger partial charge in [0, 0.05) is 18.9 Å². The zero-order valence-electron chi connectivity index (χ0n) is 13.1. The van der Waals surface area contributed by atoms with Crippen LogP contribution in [0.2, 0.25) is 0 Å². The molecule has 0 aromatic carbocycles. The SMILES string of the molecule is CCCc1nc(C)c(C(=O)N2CCC[C@H]2c2ccncc2)s1. The van der Waals surface area contributed by atoms with E-state index in [0.717, 1.165) is 47.8 Å². The van der Waals surface area contributed by atoms with Crippen LogP contribution in [0, 0.1) is 6.92 Å². The third kappa shape index (κ3) is 2.90. The summed E-state index contributed by atoms with van der Waals surface area (Å²) < 4.78 is 0. The number of thiazole rings is 1. The number of carbonyl (C=O) groups excluding carboxylic acids is 1. The van der Waals surface area contributed by atoms with Gasteiger partial charge in [0.15, 0.2) is 0 Å². The van der Waals surface area contributed by atoms with E-state index in [2.05, 4.69) is 16.9 Å². The molecule has 0 aliphatic carbocycles. The van der Waals surface area contributed by atoms with E-state index in [4.69, 9.17) is 0 Å². The minimum Gasteiger partial charge on any atom is -0.331 e. The maximum atomic E-state index is 12.9. The molecule has 0 unspecified atom stereocenters. The molecule has 0 saturated carbocycles. The topological polar surface area (TPSA) is 46.1 Å². The molecular weight excluding hydrogens is 294 g/mol. The summed E-state index contributed by atoms with van der Waals surface area (Å²) in [7, 11) is 0. The van der Waals surface area contributed by atoms with Gasteiger partial charge in [0.25, 0.3) is 5.91 Å². The first-order chi connectivity index (χ1) is 10.7. The van der Waals surface area contributed by atoms with Crippen LogP contribution in [-0.2, 0) is 6.42 Å². The highest BCUT2D eigenvalue weighted by molar-refractivity contribution is 7.13. The summed E-state index contributed by atoms with van der Waals surface area (Å²) >= 11 is 1.56. The van der Waals surface area contributed by atoms with Crippen molar-refractivity contribution in [2.45, 2.75) is 45.6 Å². The zero-order chi connectivity index (χ0) is 15.5. The molecule has 2 aromatic rings. The fraction of sp³-hybridized carbons (Fsp3) is 0.471. The standard InChI is InChI=1S/C17H21N3OS/c1-3-5-15-19-12(2)16(22-15)17(21)20-11-4-6-14(20)13-7-9-18-10-8-13/h7-10,14H,3-6,11H2,1-2H3/t14-/m0/s1. The van der Waals surface area contributed by atoms with Gasteiger partial charge in [-0.05, 0) is 50.3 Å². The second kappa shape index (κ2) is 6.57. The van der Waals surface area contributed by atoms with Crippen molar-refractivity contribution in [3.05, 3.63) is 45.7 Å². The number of hydrogen-bond donors (Lipinski definition) is 0. The molecular formula is C17H21N3OS. The van der Waals surface area contributed by atoms with Crippen LogP contribution in [0.25, 0.3) is 0 Å². The van der Waals surface area contributed by atoms with Gasteiger partial charge in [-0.15, -0.1) is 11.3 Å². The summed E-state index contributed by atoms with van der Waals surface area (Å²) in [6.07, 6.45) is 7.69. The van der Waals surface area contributed by atoms with Gasteiger partial charge < -0.3 is 4.90 Å². The van der Waals surface area contributed by atoms with Crippen molar-refractivity contribution in [2.24, 2.45) is 0 Å². The van der Waals surface area contributed by atoms with E-state index in [1.165, 1.54) is 5.56 Å². The van der Waals surface area contributed by atoms with E-state index in [0.29, 0.717) is 0 Å². The Morgan fingerprint density at radius 2 is 2.18 bits per heavy atom. The predicted molar refractivity (Wildman–Crippen MR) is 88.1 cm³/mol. The molecule has 1 aliphatic rings. The molecule has 4 nitrogen and oxygen atoms in total. The number of aryl methyl sites for hydroxylation is 2. The van der Waals surface area contributed by atoms with Crippen molar-refractivity contribution >= 4 is 17.2 Å². The lowest BCUT2D eigenvalue weighted by molar-refractivity contribution is 0.0739. The first-order valence-corrected chi connectivity index (χ1v) is 8.69. The smallest absolute Gasteiger partial charge is 0.266 e. The number of rotatable bonds is 4. The molecule has 3 rings (SSSR count). The zero-order valence-corrected chi connectivity index (χ0v) is 13.9. The van der Waals surface area contributed by atoms with Crippen molar-refractivity contribution in [3.63, 3.8) is 0 Å². The monoisotopic (exact) mass is 315 g/mol. The number of hydrogen-bond acceptors (Lipinski definition) is 4. The van der Waals surface area contributed by atoms with Crippen molar-refractivity contribution in [2.75, 3.05) is 6.54 Å². The number of likely N-dealkylation sites (tertiary alicyclic amines) is 1. The molecule has 1 amide bonds. The van der Waals surface area contributed by atoms with Crippen molar-refractivity contribution in [1.82, 2.24) is 14.9 Å². The van der Waals surface area contributed by atoms with E-state index in [1.807, 2.05) is 24.0 Å². The molecule has 3 heterocycles. The minimum absolute atomic E-state index is 0.136. The van der Waals surface area contributed by atoms with Crippen LogP contribution >= 0.6 is 11.3 Å². The van der Waals surface area contributed by atoms with Crippen LogP contribution in [0.5, 0.6) is 0 Å². The Kier molecular flexibility index (Phi) is 4.52. The lowest BCUT2D eigenvalue weighted by atomic mass is 10.1. The van der Waals surface area contributed by atoms with Crippen LogP contribution in [0.15, 0.2) is 24.5 Å². The van der Waals surface area contributed by atoms with E-state index in [9.17, 15) is 4.79 Å². The summed E-state index contributed by atoms with van der Waals surface area (Å²) in [5.41, 5.74) is 2.05. The van der Waals surface area contributed by atoms with Crippen molar-refractivity contribution < 1.29 is 4.79 Å². The van der Waals surface area contributed by atoms with Gasteiger partial charge in [-0.3, -0.25) is 9.78 Å². The fourth-order valence-electron chi connectivity index (χ4n) is 3.04. The van der Waals surface area contributed by atoms with Crippen LogP contribution in [0.3, 0.4) is 0 Å². The molecule has 1 saturated heterocycles. The Balaban J connectivity index is 1.85. The summed E-state index contributed by atoms with van der Waals surface area (Å²) in [4.78, 5) is 24.4. The Labute approximate surface area is 135 Å². The van der Waals surface area contributed by atoms with E-state index < -0.39 is 0 Å². The fourth-order valence-corrected chi connectivity index (χ4v) is 4.17. The molecule has 0 bridgehead atoms. The highest BCUT2D eigenvalue weighted by Crippen LogP contribution is 2.34. The van der Waals surface area contributed by atoms with Gasteiger partial charge in [-0.2, -0.15) is 0 Å². The van der Waals surface area contributed by atoms with Crippen molar-refractivity contribution in [3.8, 4) is 0 Å². The Morgan fingerprint density at radius 3 is 2.91 bits per heavy atom. The number of pyridine rings is 1. The van der Waals surface area contributed by atoms with Gasteiger partial charge in [-0.1, -0.05) is 6.92 Å². The van der Waals surface area contributed by atoms with Crippen LogP contribution in [-0.4, -0.2) is 27.3 Å². The van der Waals surface area contributed by atoms with Crippen LogP contribution in [0.1, 0.15) is 58.2 Å². The molecule has 2 aromatic heterocycles. The maximum Gasteiger partial charge on any atom is 0.266 e. The van der Waals surface area contributed by atoms with Crippen LogP contribution < -0.4 is 0 Å². The summed E-state index contributed by atoms with van der Waals surface area (Å²) in [6, 6.07) is 4.20. The highest BCUT2D eigenvalue weighted by atomic mass is 32.1. The molecule has 0 spiro atoms. The number of nitrogens with zero attached hydrogens (tertiary/aromatic N) is 3. The predicted octanol–water partition coefficient (Wildman–Crippen LogP) is 3.78. The van der Waals surface area contributed by atoms with Crippen molar-refractivity contribution in [1.29, 1.82) is 0 Å². The van der Waals surface area contributed by atoms with Gasteiger partial charge in [-0.25, -0.2) is 4.98 Å². The van der Waals surface area contributed by atoms with Gasteiger partial charge >= 0.3 is 0 Å². The minimum atomic E-state index is 0.136. The Bertz CT molecular complexity index is 653. The average molecular weight is 315 g/mol. The number of carbonyl (C=O) groups is 1. The van der Waals surface area contributed by atoms with E-state index in [1.54, 1.807) is 23.7 Å². The number of amides is 1. The first kappa shape index (κ1) is 15.2. The van der Waals surface area contributed by atoms with Gasteiger partial charge in [0.1, 0.15) is 4.88 Å². The summed E-state index contributed by atoms with van der Waals surface area (Å²) in [5, 5.41) is 1.07. The second-order valence-electron chi connectivity index (χ2n) is 5.71. The lowest BCUT2D eigenvalue weighted by Gasteiger charge is -2.24. The molecule has 116 valence electrons. The summed E-state index contributed by atoms with van der Waals surface area (Å²) in [6.45, 7) is 4.91. The number of aromatic nitrogens is 2. The molecule has 1 aliphatic heterocycles. The normalized spacial score (nSPS) is 17.9. The Morgan fingerprint density at radius 1 is 1.41 bits per heavy atom. The summed E-state index contributed by atoms with van der Waals surface area (Å²) in [5.74, 6) is 0.136. The van der Waals surface area contributed by atoms with E-state index in [-0.39, 0.29) is 11.9 Å². The molecule has 22 heavy (non-hydrogen) atoms. The average Bonchev–Trinajstić information content (AvgIpc) is 3.15. The van der Waals surface area contributed by atoms with E-state index >= 15 is 0 Å². The third-order valence-electron chi connectivity index (χ3n) is 4.10. The second-order valence-corrected chi connectivity index (χ2v) is 6.79. The highest BCUT2D eigenvalue weighted by Gasteiger charge is 2.32.